The van der Waals surface area contributed by atoms with Crippen LogP contribution in [-0.2, 0) is 29.0 Å². The second-order valence-corrected chi connectivity index (χ2v) is 9.18. The van der Waals surface area contributed by atoms with Crippen molar-refractivity contribution in [1.82, 2.24) is 15.5 Å². The first-order chi connectivity index (χ1) is 15.6. The summed E-state index contributed by atoms with van der Waals surface area (Å²) < 4.78 is 0. The van der Waals surface area contributed by atoms with E-state index in [9.17, 15) is 9.59 Å². The van der Waals surface area contributed by atoms with Gasteiger partial charge in [-0.15, -0.1) is 0 Å². The van der Waals surface area contributed by atoms with Gasteiger partial charge in [-0.25, -0.2) is 0 Å². The van der Waals surface area contributed by atoms with E-state index in [0.29, 0.717) is 0 Å². The largest absolute Gasteiger partial charge is 0.345 e. The van der Waals surface area contributed by atoms with Crippen LogP contribution in [0.4, 0.5) is 0 Å². The van der Waals surface area contributed by atoms with E-state index in [1.165, 1.54) is 29.5 Å². The van der Waals surface area contributed by atoms with Crippen molar-refractivity contribution in [3.63, 3.8) is 0 Å². The highest BCUT2D eigenvalue weighted by atomic mass is 16.2. The van der Waals surface area contributed by atoms with Crippen LogP contribution in [0, 0.1) is 0 Å². The van der Waals surface area contributed by atoms with Crippen LogP contribution in [0.2, 0.25) is 0 Å². The summed E-state index contributed by atoms with van der Waals surface area (Å²) in [5.74, 6) is -1.04. The molecule has 2 aromatic rings. The summed E-state index contributed by atoms with van der Waals surface area (Å²) in [6.45, 7) is 4.83. The fourth-order valence-electron chi connectivity index (χ4n) is 4.94. The number of piperidine rings is 1. The molecule has 0 bridgehead atoms. The molecule has 0 spiro atoms. The van der Waals surface area contributed by atoms with E-state index in [1.54, 1.807) is 0 Å². The van der Waals surface area contributed by atoms with Crippen LogP contribution in [0.3, 0.4) is 0 Å². The number of carbonyl (C=O) groups is 2. The fraction of sp³-hybridized carbons (Fsp3) is 0.481. The van der Waals surface area contributed by atoms with Gasteiger partial charge in [0.25, 0.3) is 0 Å². The number of nitrogens with one attached hydrogen (secondary N) is 2. The number of nitrogens with zero attached hydrogens (tertiary/aromatic N) is 1. The molecule has 2 aliphatic rings. The van der Waals surface area contributed by atoms with Crippen molar-refractivity contribution in [1.29, 1.82) is 0 Å². The number of amides is 2. The smallest absolute Gasteiger partial charge is 0.309 e. The van der Waals surface area contributed by atoms with Crippen LogP contribution >= 0.6 is 0 Å². The molecular weight excluding hydrogens is 398 g/mol. The number of hydrogen-bond acceptors (Lipinski definition) is 3. The lowest BCUT2D eigenvalue weighted by molar-refractivity contribution is -0.140. The van der Waals surface area contributed by atoms with Crippen LogP contribution < -0.4 is 10.6 Å². The van der Waals surface area contributed by atoms with Crippen molar-refractivity contribution in [2.24, 2.45) is 0 Å². The zero-order valence-electron chi connectivity index (χ0n) is 19.1. The van der Waals surface area contributed by atoms with Crippen LogP contribution in [0.25, 0.3) is 0 Å². The number of fused-ring (bicyclic) bond motifs is 1. The van der Waals surface area contributed by atoms with Crippen molar-refractivity contribution in [2.75, 3.05) is 13.1 Å². The maximum absolute atomic E-state index is 12.6. The van der Waals surface area contributed by atoms with E-state index in [1.807, 2.05) is 13.0 Å². The Kier molecular flexibility index (Phi) is 7.59. The summed E-state index contributed by atoms with van der Waals surface area (Å²) in [6.07, 6.45) is 7.23. The van der Waals surface area contributed by atoms with E-state index >= 15 is 0 Å². The van der Waals surface area contributed by atoms with Gasteiger partial charge in [0.1, 0.15) is 0 Å². The molecule has 0 aromatic heterocycles. The molecule has 170 valence electrons. The first-order valence-electron chi connectivity index (χ1n) is 12.1. The monoisotopic (exact) mass is 433 g/mol. The molecule has 1 aliphatic heterocycles. The number of rotatable bonds is 6. The lowest BCUT2D eigenvalue weighted by Crippen LogP contribution is -2.49. The fourth-order valence-corrected chi connectivity index (χ4v) is 4.94. The van der Waals surface area contributed by atoms with Crippen molar-refractivity contribution in [3.05, 3.63) is 70.8 Å². The molecule has 0 radical (unpaired) electrons. The van der Waals surface area contributed by atoms with Crippen molar-refractivity contribution in [3.8, 4) is 0 Å². The first-order valence-corrected chi connectivity index (χ1v) is 12.1. The Balaban J connectivity index is 1.26. The summed E-state index contributed by atoms with van der Waals surface area (Å²) in [6, 6.07) is 16.9. The molecule has 1 aliphatic carbocycles. The van der Waals surface area contributed by atoms with Gasteiger partial charge >= 0.3 is 11.8 Å². The summed E-state index contributed by atoms with van der Waals surface area (Å²) >= 11 is 0. The zero-order valence-corrected chi connectivity index (χ0v) is 19.1. The SMILES string of the molecule is CCC(NC(=O)C(=O)NC1CCN(Cc2ccccc2)CC1)c1ccc2c(c1)CCCC2. The van der Waals surface area contributed by atoms with Crippen molar-refractivity contribution in [2.45, 2.75) is 70.5 Å². The van der Waals surface area contributed by atoms with E-state index in [2.05, 4.69) is 58.0 Å². The third-order valence-electron chi connectivity index (χ3n) is 6.87. The minimum atomic E-state index is -0.527. The maximum Gasteiger partial charge on any atom is 0.309 e. The highest BCUT2D eigenvalue weighted by Crippen LogP contribution is 2.26. The molecule has 5 nitrogen and oxygen atoms in total. The van der Waals surface area contributed by atoms with Gasteiger partial charge in [-0.2, -0.15) is 0 Å². The Morgan fingerprint density at radius 3 is 2.41 bits per heavy atom. The Bertz CT molecular complexity index is 920. The standard InChI is InChI=1S/C27H35N3O2/c1-2-25(23-13-12-21-10-6-7-11-22(21)18-23)29-27(32)26(31)28-24-14-16-30(17-15-24)19-20-8-4-3-5-9-20/h3-5,8-9,12-13,18,24-25H,2,6-7,10-11,14-17,19H2,1H3,(H,28,31)(H,29,32). The summed E-state index contributed by atoms with van der Waals surface area (Å²) in [5, 5.41) is 5.92. The number of hydrogen-bond donors (Lipinski definition) is 2. The number of likely N-dealkylation sites (tertiary alicyclic amines) is 1. The van der Waals surface area contributed by atoms with Gasteiger partial charge in [-0.1, -0.05) is 55.5 Å². The van der Waals surface area contributed by atoms with Gasteiger partial charge in [-0.05, 0) is 67.2 Å². The molecular formula is C27H35N3O2. The molecule has 4 rings (SSSR count). The number of carbonyl (C=O) groups excluding carboxylic acids is 2. The molecule has 2 amide bonds. The van der Waals surface area contributed by atoms with Gasteiger partial charge in [0.15, 0.2) is 0 Å². The predicted molar refractivity (Wildman–Crippen MR) is 127 cm³/mol. The average molecular weight is 434 g/mol. The molecule has 1 fully saturated rings. The highest BCUT2D eigenvalue weighted by molar-refractivity contribution is 6.35. The van der Waals surface area contributed by atoms with Gasteiger partial charge in [0.05, 0.1) is 6.04 Å². The van der Waals surface area contributed by atoms with E-state index < -0.39 is 11.8 Å². The molecule has 32 heavy (non-hydrogen) atoms. The van der Waals surface area contributed by atoms with E-state index in [0.717, 1.165) is 57.3 Å². The second kappa shape index (κ2) is 10.8. The lowest BCUT2D eigenvalue weighted by Gasteiger charge is -2.32. The molecule has 1 unspecified atom stereocenters. The summed E-state index contributed by atoms with van der Waals surface area (Å²) in [5.41, 5.74) is 5.23. The normalized spacial score (nSPS) is 17.9. The van der Waals surface area contributed by atoms with Crippen molar-refractivity contribution >= 4 is 11.8 Å². The number of aryl methyl sites for hydroxylation is 2. The van der Waals surface area contributed by atoms with Crippen molar-refractivity contribution < 1.29 is 9.59 Å². The third-order valence-corrected chi connectivity index (χ3v) is 6.87. The Morgan fingerprint density at radius 1 is 0.969 bits per heavy atom. The molecule has 1 saturated heterocycles. The zero-order chi connectivity index (χ0) is 22.3. The van der Waals surface area contributed by atoms with Crippen LogP contribution in [0.5, 0.6) is 0 Å². The molecule has 5 heteroatoms. The van der Waals surface area contributed by atoms with Gasteiger partial charge in [0.2, 0.25) is 0 Å². The Hall–Kier alpha value is -2.66. The third kappa shape index (κ3) is 5.77. The Labute approximate surface area is 191 Å². The van der Waals surface area contributed by atoms with Gasteiger partial charge in [-0.3, -0.25) is 14.5 Å². The summed E-state index contributed by atoms with van der Waals surface area (Å²) in [7, 11) is 0. The molecule has 1 heterocycles. The van der Waals surface area contributed by atoms with E-state index in [-0.39, 0.29) is 12.1 Å². The second-order valence-electron chi connectivity index (χ2n) is 9.18. The van der Waals surface area contributed by atoms with Crippen LogP contribution in [0.1, 0.15) is 67.3 Å². The average Bonchev–Trinajstić information content (AvgIpc) is 2.84. The van der Waals surface area contributed by atoms with Gasteiger partial charge < -0.3 is 10.6 Å². The predicted octanol–water partition coefficient (Wildman–Crippen LogP) is 3.91. The topological polar surface area (TPSA) is 61.4 Å². The maximum atomic E-state index is 12.6. The molecule has 2 aromatic carbocycles. The quantitative estimate of drug-likeness (QED) is 0.679. The minimum Gasteiger partial charge on any atom is -0.345 e. The minimum absolute atomic E-state index is 0.0593. The van der Waals surface area contributed by atoms with E-state index in [4.69, 9.17) is 0 Å². The molecule has 1 atom stereocenters. The molecule has 0 saturated carbocycles. The highest BCUT2D eigenvalue weighted by Gasteiger charge is 2.25. The molecule has 2 N–H and O–H groups in total. The lowest BCUT2D eigenvalue weighted by atomic mass is 9.89. The summed E-state index contributed by atoms with van der Waals surface area (Å²) in [4.78, 5) is 27.6. The first kappa shape index (κ1) is 22.5. The van der Waals surface area contributed by atoms with Crippen LogP contribution in [0.15, 0.2) is 48.5 Å². The van der Waals surface area contributed by atoms with Gasteiger partial charge in [0, 0.05) is 25.7 Å². The Morgan fingerprint density at radius 2 is 1.69 bits per heavy atom. The van der Waals surface area contributed by atoms with Crippen LogP contribution in [-0.4, -0.2) is 35.8 Å². The number of benzene rings is 2.